The third-order valence-corrected chi connectivity index (χ3v) is 4.91. The van der Waals surface area contributed by atoms with Crippen molar-refractivity contribution >= 4 is 35.0 Å². The summed E-state index contributed by atoms with van der Waals surface area (Å²) >= 11 is 3.02. The predicted octanol–water partition coefficient (Wildman–Crippen LogP) is 1.79. The van der Waals surface area contributed by atoms with E-state index in [0.29, 0.717) is 22.9 Å². The largest absolute Gasteiger partial charge is 0.496 e. The molecule has 7 heteroatoms. The third kappa shape index (κ3) is 3.42. The van der Waals surface area contributed by atoms with Crippen LogP contribution >= 0.6 is 23.1 Å². The Kier molecular flexibility index (Phi) is 4.71. The molecule has 1 aliphatic rings. The van der Waals surface area contributed by atoms with Gasteiger partial charge in [-0.25, -0.2) is 0 Å². The van der Waals surface area contributed by atoms with Gasteiger partial charge in [-0.2, -0.15) is 11.8 Å². The van der Waals surface area contributed by atoms with E-state index in [2.05, 4.69) is 0 Å². The highest BCUT2D eigenvalue weighted by molar-refractivity contribution is 7.99. The lowest BCUT2D eigenvalue weighted by Gasteiger charge is -2.34. The Bertz CT molecular complexity index is 474. The van der Waals surface area contributed by atoms with Crippen LogP contribution in [-0.4, -0.2) is 53.1 Å². The number of methoxy groups -OCH3 is 1. The standard InChI is InChI=1S/C12H15NO4S2/c1-17-9-5-10(19-7-9)12(16)13-2-3-18-6-8(13)4-11(14)15/h5,7-8H,2-4,6H2,1H3,(H,14,15). The van der Waals surface area contributed by atoms with Crippen molar-refractivity contribution in [1.29, 1.82) is 0 Å². The van der Waals surface area contributed by atoms with E-state index < -0.39 is 5.97 Å². The summed E-state index contributed by atoms with van der Waals surface area (Å²) in [6.07, 6.45) is 0.00124. The van der Waals surface area contributed by atoms with Crippen molar-refractivity contribution in [2.75, 3.05) is 25.2 Å². The zero-order chi connectivity index (χ0) is 13.8. The molecule has 5 nitrogen and oxygen atoms in total. The van der Waals surface area contributed by atoms with Crippen LogP contribution in [0.3, 0.4) is 0 Å². The van der Waals surface area contributed by atoms with Gasteiger partial charge in [-0.15, -0.1) is 11.3 Å². The molecular weight excluding hydrogens is 286 g/mol. The molecule has 19 heavy (non-hydrogen) atoms. The van der Waals surface area contributed by atoms with Crippen molar-refractivity contribution in [1.82, 2.24) is 4.90 Å². The number of aliphatic carboxylic acids is 1. The fourth-order valence-corrected chi connectivity index (χ4v) is 3.84. The van der Waals surface area contributed by atoms with Crippen LogP contribution in [0.4, 0.5) is 0 Å². The SMILES string of the molecule is COc1csc(C(=O)N2CCSCC2CC(=O)O)c1. The smallest absolute Gasteiger partial charge is 0.305 e. The van der Waals surface area contributed by atoms with Gasteiger partial charge in [0, 0.05) is 29.5 Å². The van der Waals surface area contributed by atoms with E-state index >= 15 is 0 Å². The summed E-state index contributed by atoms with van der Waals surface area (Å²) in [4.78, 5) is 25.5. The average molecular weight is 301 g/mol. The van der Waals surface area contributed by atoms with E-state index in [0.717, 1.165) is 5.75 Å². The molecule has 1 atom stereocenters. The van der Waals surface area contributed by atoms with Crippen LogP contribution in [0.15, 0.2) is 11.4 Å². The molecule has 1 amide bonds. The molecule has 1 N–H and O–H groups in total. The van der Waals surface area contributed by atoms with Gasteiger partial charge in [0.15, 0.2) is 0 Å². The zero-order valence-electron chi connectivity index (χ0n) is 10.5. The molecule has 2 rings (SSSR count). The molecule has 1 fully saturated rings. The maximum atomic E-state index is 12.4. The van der Waals surface area contributed by atoms with Crippen molar-refractivity contribution in [3.05, 3.63) is 16.3 Å². The zero-order valence-corrected chi connectivity index (χ0v) is 12.1. The lowest BCUT2D eigenvalue weighted by atomic mass is 10.2. The van der Waals surface area contributed by atoms with Gasteiger partial charge < -0.3 is 14.7 Å². The first-order chi connectivity index (χ1) is 9.11. The van der Waals surface area contributed by atoms with Crippen LogP contribution in [0.1, 0.15) is 16.1 Å². The van der Waals surface area contributed by atoms with Crippen LogP contribution in [-0.2, 0) is 4.79 Å². The predicted molar refractivity (Wildman–Crippen MR) is 75.3 cm³/mol. The van der Waals surface area contributed by atoms with Crippen LogP contribution in [0, 0.1) is 0 Å². The molecule has 1 aliphatic heterocycles. The molecule has 0 bridgehead atoms. The lowest BCUT2D eigenvalue weighted by molar-refractivity contribution is -0.138. The summed E-state index contributed by atoms with van der Waals surface area (Å²) in [5, 5.41) is 10.7. The molecule has 1 aromatic rings. The molecule has 0 saturated carbocycles. The van der Waals surface area contributed by atoms with E-state index in [-0.39, 0.29) is 18.4 Å². The van der Waals surface area contributed by atoms with E-state index in [1.165, 1.54) is 11.3 Å². The second-order valence-electron chi connectivity index (χ2n) is 4.18. The highest BCUT2D eigenvalue weighted by Crippen LogP contribution is 2.26. The van der Waals surface area contributed by atoms with Gasteiger partial charge in [-0.1, -0.05) is 0 Å². The Balaban J connectivity index is 2.12. The fraction of sp³-hybridized carbons (Fsp3) is 0.500. The fourth-order valence-electron chi connectivity index (χ4n) is 1.97. The maximum Gasteiger partial charge on any atom is 0.305 e. The van der Waals surface area contributed by atoms with Gasteiger partial charge in [0.05, 0.1) is 24.4 Å². The molecule has 1 saturated heterocycles. The molecule has 0 radical (unpaired) electrons. The molecular formula is C12H15NO4S2. The Labute approximate surface area is 119 Å². The number of carboxylic acid groups (broad SMARTS) is 1. The van der Waals surface area contributed by atoms with E-state index in [1.807, 2.05) is 0 Å². The Morgan fingerprint density at radius 2 is 2.37 bits per heavy atom. The number of ether oxygens (including phenoxy) is 1. The number of amides is 1. The second-order valence-corrected chi connectivity index (χ2v) is 6.24. The van der Waals surface area contributed by atoms with E-state index in [9.17, 15) is 9.59 Å². The summed E-state index contributed by atoms with van der Waals surface area (Å²) < 4.78 is 5.07. The van der Waals surface area contributed by atoms with Gasteiger partial charge in [0.1, 0.15) is 5.75 Å². The Hall–Kier alpha value is -1.21. The molecule has 2 heterocycles. The highest BCUT2D eigenvalue weighted by Gasteiger charge is 2.30. The summed E-state index contributed by atoms with van der Waals surface area (Å²) in [5.74, 6) is 1.23. The number of carbonyl (C=O) groups excluding carboxylic acids is 1. The summed E-state index contributed by atoms with van der Waals surface area (Å²) in [6.45, 7) is 0.599. The third-order valence-electron chi connectivity index (χ3n) is 2.92. The first-order valence-electron chi connectivity index (χ1n) is 5.85. The number of hydrogen-bond donors (Lipinski definition) is 1. The van der Waals surface area contributed by atoms with Gasteiger partial charge in [-0.3, -0.25) is 9.59 Å². The lowest BCUT2D eigenvalue weighted by Crippen LogP contribution is -2.46. The first-order valence-corrected chi connectivity index (χ1v) is 7.88. The van der Waals surface area contributed by atoms with Gasteiger partial charge >= 0.3 is 5.97 Å². The number of thiophene rings is 1. The first kappa shape index (κ1) is 14.2. The van der Waals surface area contributed by atoms with Crippen LogP contribution in [0.25, 0.3) is 0 Å². The van der Waals surface area contributed by atoms with Crippen molar-refractivity contribution in [2.24, 2.45) is 0 Å². The Morgan fingerprint density at radius 3 is 3.00 bits per heavy atom. The second kappa shape index (κ2) is 6.29. The van der Waals surface area contributed by atoms with Crippen LogP contribution in [0.2, 0.25) is 0 Å². The van der Waals surface area contributed by atoms with Crippen molar-refractivity contribution in [2.45, 2.75) is 12.5 Å². The maximum absolute atomic E-state index is 12.4. The van der Waals surface area contributed by atoms with Crippen LogP contribution in [0.5, 0.6) is 5.75 Å². The van der Waals surface area contributed by atoms with Crippen molar-refractivity contribution in [3.8, 4) is 5.75 Å². The minimum absolute atomic E-state index is 0.00124. The van der Waals surface area contributed by atoms with E-state index in [1.54, 1.807) is 35.2 Å². The molecule has 0 aliphatic carbocycles. The molecule has 0 aromatic carbocycles. The van der Waals surface area contributed by atoms with E-state index in [4.69, 9.17) is 9.84 Å². The highest BCUT2D eigenvalue weighted by atomic mass is 32.2. The minimum atomic E-state index is -0.867. The monoisotopic (exact) mass is 301 g/mol. The van der Waals surface area contributed by atoms with Gasteiger partial charge in [-0.05, 0) is 0 Å². The quantitative estimate of drug-likeness (QED) is 0.918. The van der Waals surface area contributed by atoms with Crippen LogP contribution < -0.4 is 4.74 Å². The summed E-state index contributed by atoms with van der Waals surface area (Å²) in [6, 6.07) is 1.48. The summed E-state index contributed by atoms with van der Waals surface area (Å²) in [5.41, 5.74) is 0. The number of carbonyl (C=O) groups is 2. The van der Waals surface area contributed by atoms with Gasteiger partial charge in [0.25, 0.3) is 5.91 Å². The van der Waals surface area contributed by atoms with Crippen molar-refractivity contribution < 1.29 is 19.4 Å². The number of rotatable bonds is 4. The topological polar surface area (TPSA) is 66.8 Å². The summed E-state index contributed by atoms with van der Waals surface area (Å²) in [7, 11) is 1.56. The average Bonchev–Trinajstić information content (AvgIpc) is 2.86. The number of thioether (sulfide) groups is 1. The Morgan fingerprint density at radius 1 is 1.58 bits per heavy atom. The molecule has 104 valence electrons. The van der Waals surface area contributed by atoms with Crippen molar-refractivity contribution in [3.63, 3.8) is 0 Å². The molecule has 1 aromatic heterocycles. The number of hydrogen-bond acceptors (Lipinski definition) is 5. The molecule has 0 spiro atoms. The normalized spacial score (nSPS) is 19.2. The number of carboxylic acids is 1. The molecule has 1 unspecified atom stereocenters. The van der Waals surface area contributed by atoms with Gasteiger partial charge in [0.2, 0.25) is 0 Å². The minimum Gasteiger partial charge on any atom is -0.496 e. The number of nitrogens with zero attached hydrogens (tertiary/aromatic N) is 1.